The topological polar surface area (TPSA) is 143 Å². The fourth-order valence-corrected chi connectivity index (χ4v) is 6.15. The van der Waals surface area contributed by atoms with Crippen molar-refractivity contribution in [2.75, 3.05) is 19.6 Å². The molecule has 2 fully saturated rings. The van der Waals surface area contributed by atoms with Gasteiger partial charge in [-0.15, -0.1) is 0 Å². The zero-order chi connectivity index (χ0) is 24.3. The summed E-state index contributed by atoms with van der Waals surface area (Å²) in [5, 5.41) is 13.6. The Kier molecular flexibility index (Phi) is 7.52. The summed E-state index contributed by atoms with van der Waals surface area (Å²) in [6.45, 7) is 0.571. The minimum absolute atomic E-state index is 0.0136. The van der Waals surface area contributed by atoms with Crippen LogP contribution >= 0.6 is 7.34 Å². The lowest BCUT2D eigenvalue weighted by atomic mass is 10.1. The summed E-state index contributed by atoms with van der Waals surface area (Å²) in [7, 11) is -3.96. The number of nitrogens with zero attached hydrogens (tertiary/aromatic N) is 3. The van der Waals surface area contributed by atoms with Gasteiger partial charge in [0, 0.05) is 25.9 Å². The molecule has 0 bridgehead atoms. The minimum Gasteiger partial charge on any atom is -0.370 e. The van der Waals surface area contributed by atoms with Crippen molar-refractivity contribution < 1.29 is 29.3 Å². The average Bonchev–Trinajstić information content (AvgIpc) is 3.51. The third-order valence-electron chi connectivity index (χ3n) is 6.64. The quantitative estimate of drug-likeness (QED) is 0.433. The molecular weight excluding hydrogens is 459 g/mol. The fourth-order valence-electron chi connectivity index (χ4n) is 4.82. The van der Waals surface area contributed by atoms with Gasteiger partial charge in [-0.05, 0) is 37.0 Å². The molecule has 3 aliphatic rings. The fraction of sp³-hybridized carbons (Fsp3) is 0.522. The van der Waals surface area contributed by atoms with E-state index >= 15 is 0 Å². The molecule has 3 atom stereocenters. The minimum atomic E-state index is -3.96. The molecule has 0 spiro atoms. The van der Waals surface area contributed by atoms with Gasteiger partial charge in [0.25, 0.3) is 0 Å². The number of fused-ring (bicyclic) bond motifs is 2. The lowest BCUT2D eigenvalue weighted by molar-refractivity contribution is -0.139. The van der Waals surface area contributed by atoms with Crippen molar-refractivity contribution in [1.82, 2.24) is 15.1 Å². The van der Waals surface area contributed by atoms with Crippen molar-refractivity contribution in [1.29, 1.82) is 0 Å². The van der Waals surface area contributed by atoms with Crippen molar-refractivity contribution in [3.63, 3.8) is 0 Å². The van der Waals surface area contributed by atoms with E-state index in [2.05, 4.69) is 10.3 Å². The maximum atomic E-state index is 12.9. The molecule has 10 nitrogen and oxygen atoms in total. The second-order valence-corrected chi connectivity index (χ2v) is 11.1. The Labute approximate surface area is 198 Å². The molecule has 0 aromatic heterocycles. The highest BCUT2D eigenvalue weighted by atomic mass is 31.2. The van der Waals surface area contributed by atoms with Crippen LogP contribution < -0.4 is 5.32 Å². The Bertz CT molecular complexity index is 1020. The van der Waals surface area contributed by atoms with Gasteiger partial charge in [0.1, 0.15) is 6.04 Å². The van der Waals surface area contributed by atoms with Crippen molar-refractivity contribution in [2.45, 2.75) is 56.8 Å². The molecular formula is C23H31N4O6P. The highest BCUT2D eigenvalue weighted by molar-refractivity contribution is 7.80. The number of hydrogen-bond acceptors (Lipinski definition) is 7. The van der Waals surface area contributed by atoms with Gasteiger partial charge in [0.2, 0.25) is 17.7 Å². The predicted molar refractivity (Wildman–Crippen MR) is 128 cm³/mol. The van der Waals surface area contributed by atoms with Crippen LogP contribution in [0.1, 0.15) is 37.7 Å². The summed E-state index contributed by atoms with van der Waals surface area (Å²) in [6, 6.07) is 7.77. The van der Waals surface area contributed by atoms with Gasteiger partial charge in [-0.1, -0.05) is 30.3 Å². The normalized spacial score (nSPS) is 29.8. The van der Waals surface area contributed by atoms with Gasteiger partial charge >= 0.3 is 0 Å². The third-order valence-corrected chi connectivity index (χ3v) is 8.37. The van der Waals surface area contributed by atoms with Crippen molar-refractivity contribution in [2.24, 2.45) is 4.99 Å². The highest BCUT2D eigenvalue weighted by Gasteiger charge is 2.37. The molecule has 184 valence electrons. The summed E-state index contributed by atoms with van der Waals surface area (Å²) in [4.78, 5) is 67.7. The summed E-state index contributed by atoms with van der Waals surface area (Å²) >= 11 is 0. The molecule has 0 saturated carbocycles. The molecule has 1 aromatic rings. The number of carbonyl (C=O) groups is 3. The molecule has 1 aromatic carbocycles. The van der Waals surface area contributed by atoms with E-state index in [-0.39, 0.29) is 30.7 Å². The van der Waals surface area contributed by atoms with E-state index in [1.54, 1.807) is 0 Å². The average molecular weight is 490 g/mol. The van der Waals surface area contributed by atoms with E-state index in [0.717, 1.165) is 11.4 Å². The van der Waals surface area contributed by atoms with E-state index in [1.165, 1.54) is 9.80 Å². The number of amides is 3. The van der Waals surface area contributed by atoms with Crippen molar-refractivity contribution in [3.8, 4) is 0 Å². The van der Waals surface area contributed by atoms with E-state index in [9.17, 15) is 29.3 Å². The number of rotatable bonds is 2. The molecule has 2 saturated heterocycles. The van der Waals surface area contributed by atoms with Gasteiger partial charge < -0.3 is 30.0 Å². The number of nitrogens with one attached hydrogen (secondary N) is 1. The zero-order valence-corrected chi connectivity index (χ0v) is 19.8. The maximum Gasteiger partial charge on any atom is 0.243 e. The van der Waals surface area contributed by atoms with Crippen LogP contribution in [0.3, 0.4) is 0 Å². The number of aliphatic hydroxyl groups is 1. The first kappa shape index (κ1) is 24.6. The second kappa shape index (κ2) is 10.4. The smallest absolute Gasteiger partial charge is 0.243 e. The number of hydrogen-bond donors (Lipinski definition) is 4. The van der Waals surface area contributed by atoms with Gasteiger partial charge in [-0.3, -0.25) is 19.4 Å². The van der Waals surface area contributed by atoms with Crippen LogP contribution in [-0.2, 0) is 20.8 Å². The standard InChI is InChI=1S/C23H31N4O6P/c28-20-10-13-34(32,33)19(14-16-6-2-1-3-7-16)25-23(31)18-9-5-12-27(18)21(29)15-24-22(30)17-8-4-11-26(17)20/h1-3,6-7,13,17-18,23,31-33H,4-5,8-12,14-15H2,(H,24,30)/b25-19-/t17-,18-,23?/m0/s1. The van der Waals surface area contributed by atoms with Crippen LogP contribution in [0.5, 0.6) is 0 Å². The lowest BCUT2D eigenvalue weighted by Crippen LogP contribution is -2.50. The SMILES string of the molecule is O=C1NCC(=O)N2CCC[C@H]2C(O)/N=C(/Cc2ccccc2)P(O)(O)=CCC(=O)N2CCC[C@@H]12. The number of carbonyl (C=O) groups excluding carboxylic acids is 3. The Morgan fingerprint density at radius 1 is 1.00 bits per heavy atom. The van der Waals surface area contributed by atoms with Gasteiger partial charge in [0.15, 0.2) is 13.6 Å². The Morgan fingerprint density at radius 3 is 2.47 bits per heavy atom. The van der Waals surface area contributed by atoms with E-state index < -0.39 is 37.5 Å². The number of aliphatic hydroxyl groups excluding tert-OH is 1. The van der Waals surface area contributed by atoms with Crippen LogP contribution in [0.2, 0.25) is 0 Å². The molecule has 3 aliphatic heterocycles. The molecule has 3 amide bonds. The van der Waals surface area contributed by atoms with E-state index in [4.69, 9.17) is 0 Å². The molecule has 0 aliphatic carbocycles. The zero-order valence-electron chi connectivity index (χ0n) is 18.9. The molecule has 4 rings (SSSR count). The summed E-state index contributed by atoms with van der Waals surface area (Å²) in [5.74, 6) is 0.0157. The van der Waals surface area contributed by atoms with Gasteiger partial charge in [-0.2, -0.15) is 0 Å². The first-order valence-corrected chi connectivity index (χ1v) is 13.4. The monoisotopic (exact) mass is 490 g/mol. The highest BCUT2D eigenvalue weighted by Crippen LogP contribution is 2.41. The molecule has 4 N–H and O–H groups in total. The first-order valence-electron chi connectivity index (χ1n) is 11.6. The molecule has 1 unspecified atom stereocenters. The summed E-state index contributed by atoms with van der Waals surface area (Å²) in [6.07, 6.45) is 0.744. The molecule has 3 heterocycles. The van der Waals surface area contributed by atoms with Crippen LogP contribution in [0.25, 0.3) is 0 Å². The van der Waals surface area contributed by atoms with Crippen molar-refractivity contribution >= 4 is 36.3 Å². The van der Waals surface area contributed by atoms with Gasteiger partial charge in [-0.25, -0.2) is 0 Å². The van der Waals surface area contributed by atoms with Crippen LogP contribution in [0.15, 0.2) is 35.3 Å². The van der Waals surface area contributed by atoms with Crippen LogP contribution in [0, 0.1) is 0 Å². The molecule has 11 heteroatoms. The summed E-state index contributed by atoms with van der Waals surface area (Å²) < 4.78 is 0. The predicted octanol–water partition coefficient (Wildman–Crippen LogP) is 0.0823. The second-order valence-electron chi connectivity index (χ2n) is 8.92. The maximum absolute atomic E-state index is 12.9. The molecule has 0 radical (unpaired) electrons. The Hall–Kier alpha value is -2.52. The summed E-state index contributed by atoms with van der Waals surface area (Å²) in [5.41, 5.74) is 0.757. The van der Waals surface area contributed by atoms with E-state index in [0.29, 0.717) is 38.8 Å². The Morgan fingerprint density at radius 2 is 1.71 bits per heavy atom. The van der Waals surface area contributed by atoms with Crippen LogP contribution in [-0.4, -0.2) is 91.6 Å². The van der Waals surface area contributed by atoms with Crippen LogP contribution in [0.4, 0.5) is 0 Å². The number of aliphatic imine (C=N–C) groups is 1. The van der Waals surface area contributed by atoms with Gasteiger partial charge in [0.05, 0.1) is 18.0 Å². The van der Waals surface area contributed by atoms with E-state index in [1.807, 2.05) is 30.3 Å². The largest absolute Gasteiger partial charge is 0.370 e. The first-order chi connectivity index (χ1) is 16.3. The Balaban J connectivity index is 1.72. The van der Waals surface area contributed by atoms with Crippen molar-refractivity contribution in [3.05, 3.63) is 35.9 Å². The lowest BCUT2D eigenvalue weighted by Gasteiger charge is -2.28. The third kappa shape index (κ3) is 5.41. The number of benzene rings is 1. The molecule has 34 heavy (non-hydrogen) atoms.